The highest BCUT2D eigenvalue weighted by Gasteiger charge is 2.19. The monoisotopic (exact) mass is 266 g/mol. The van der Waals surface area contributed by atoms with E-state index in [0.29, 0.717) is 11.8 Å². The summed E-state index contributed by atoms with van der Waals surface area (Å²) >= 11 is 0. The molecule has 0 aliphatic carbocycles. The van der Waals surface area contributed by atoms with Gasteiger partial charge in [0.05, 0.1) is 0 Å². The van der Waals surface area contributed by atoms with E-state index in [2.05, 4.69) is 37.8 Å². The van der Waals surface area contributed by atoms with Crippen molar-refractivity contribution in [3.8, 4) is 0 Å². The van der Waals surface area contributed by atoms with Crippen LogP contribution in [0.2, 0.25) is 0 Å². The lowest BCUT2D eigenvalue weighted by Gasteiger charge is -2.23. The average molecular weight is 266 g/mol. The molecule has 0 aliphatic rings. The summed E-state index contributed by atoms with van der Waals surface area (Å²) in [6.45, 7) is 9.78. The molecule has 4 heteroatoms. The number of rotatable bonds is 9. The van der Waals surface area contributed by atoms with E-state index >= 15 is 0 Å². The van der Waals surface area contributed by atoms with Crippen molar-refractivity contribution in [2.45, 2.75) is 72.4 Å². The third-order valence-corrected chi connectivity index (χ3v) is 3.58. The van der Waals surface area contributed by atoms with Gasteiger partial charge in [0, 0.05) is 19.0 Å². The Morgan fingerprint density at radius 1 is 1.21 bits per heavy atom. The van der Waals surface area contributed by atoms with Gasteiger partial charge in [-0.1, -0.05) is 40.5 Å². The number of hydrogen-bond acceptors (Lipinski definition) is 3. The Hall–Kier alpha value is -0.900. The van der Waals surface area contributed by atoms with Crippen molar-refractivity contribution in [2.24, 2.45) is 17.6 Å². The van der Waals surface area contributed by atoms with Gasteiger partial charge in [-0.2, -0.15) is 5.10 Å². The van der Waals surface area contributed by atoms with Crippen LogP contribution < -0.4 is 5.73 Å². The molecule has 1 rings (SSSR count). The summed E-state index contributed by atoms with van der Waals surface area (Å²) in [6.07, 6.45) is 7.34. The van der Waals surface area contributed by atoms with E-state index in [-0.39, 0.29) is 6.04 Å². The van der Waals surface area contributed by atoms with Crippen LogP contribution in [0.4, 0.5) is 0 Å². The van der Waals surface area contributed by atoms with Crippen LogP contribution in [0, 0.1) is 11.8 Å². The van der Waals surface area contributed by atoms with E-state index in [9.17, 15) is 0 Å². The molecular weight excluding hydrogens is 236 g/mol. The van der Waals surface area contributed by atoms with Gasteiger partial charge in [-0.3, -0.25) is 0 Å². The lowest BCUT2D eigenvalue weighted by molar-refractivity contribution is 0.348. The summed E-state index contributed by atoms with van der Waals surface area (Å²) in [4.78, 5) is 4.38. The summed E-state index contributed by atoms with van der Waals surface area (Å²) in [5, 5.41) is 4.31. The van der Waals surface area contributed by atoms with Crippen molar-refractivity contribution in [3.05, 3.63) is 12.2 Å². The van der Waals surface area contributed by atoms with E-state index in [4.69, 9.17) is 5.73 Å². The highest BCUT2D eigenvalue weighted by Crippen LogP contribution is 2.19. The normalized spacial score (nSPS) is 13.4. The highest BCUT2D eigenvalue weighted by atomic mass is 15.3. The zero-order valence-electron chi connectivity index (χ0n) is 13.0. The summed E-state index contributed by atoms with van der Waals surface area (Å²) in [5.74, 6) is 2.23. The van der Waals surface area contributed by atoms with Crippen molar-refractivity contribution < 1.29 is 0 Å². The molecule has 0 aromatic carbocycles. The second-order valence-electron chi connectivity index (χ2n) is 5.96. The standard InChI is InChI=1S/C15H30N4/c1-5-7-13(8-6-2)14(16)9-15-17-11-18-19(15)10-12(3)4/h11-14H,5-10,16H2,1-4H3. The Balaban J connectivity index is 2.63. The number of aromatic nitrogens is 3. The van der Waals surface area contributed by atoms with E-state index in [1.807, 2.05) is 4.68 Å². The summed E-state index contributed by atoms with van der Waals surface area (Å²) in [5.41, 5.74) is 6.40. The highest BCUT2D eigenvalue weighted by molar-refractivity contribution is 4.91. The van der Waals surface area contributed by atoms with Gasteiger partial charge in [0.1, 0.15) is 12.2 Å². The number of hydrogen-bond donors (Lipinski definition) is 1. The molecule has 1 heterocycles. The van der Waals surface area contributed by atoms with Crippen LogP contribution in [0.3, 0.4) is 0 Å². The average Bonchev–Trinajstić information content (AvgIpc) is 2.75. The maximum atomic E-state index is 6.40. The molecule has 0 saturated carbocycles. The maximum absolute atomic E-state index is 6.40. The molecule has 1 unspecified atom stereocenters. The smallest absolute Gasteiger partial charge is 0.138 e. The molecule has 0 fully saturated rings. The van der Waals surface area contributed by atoms with Gasteiger partial charge in [-0.25, -0.2) is 9.67 Å². The molecule has 2 N–H and O–H groups in total. The van der Waals surface area contributed by atoms with Gasteiger partial charge in [-0.15, -0.1) is 0 Å². The van der Waals surface area contributed by atoms with Crippen LogP contribution in [0.5, 0.6) is 0 Å². The zero-order valence-corrected chi connectivity index (χ0v) is 13.0. The first-order valence-corrected chi connectivity index (χ1v) is 7.70. The molecule has 0 aliphatic heterocycles. The van der Waals surface area contributed by atoms with Gasteiger partial charge >= 0.3 is 0 Å². The Morgan fingerprint density at radius 3 is 2.37 bits per heavy atom. The van der Waals surface area contributed by atoms with Gasteiger partial charge in [0.25, 0.3) is 0 Å². The van der Waals surface area contributed by atoms with Crippen molar-refractivity contribution in [1.29, 1.82) is 0 Å². The third-order valence-electron chi connectivity index (χ3n) is 3.58. The first kappa shape index (κ1) is 16.2. The summed E-state index contributed by atoms with van der Waals surface area (Å²) < 4.78 is 2.01. The van der Waals surface area contributed by atoms with Crippen molar-refractivity contribution >= 4 is 0 Å². The summed E-state index contributed by atoms with van der Waals surface area (Å²) in [7, 11) is 0. The Labute approximate surface area is 117 Å². The molecule has 4 nitrogen and oxygen atoms in total. The van der Waals surface area contributed by atoms with E-state index < -0.39 is 0 Å². The quantitative estimate of drug-likeness (QED) is 0.747. The van der Waals surface area contributed by atoms with Crippen molar-refractivity contribution in [2.75, 3.05) is 0 Å². The SMILES string of the molecule is CCCC(CCC)C(N)Cc1ncnn1CC(C)C. The molecule has 0 amide bonds. The molecule has 1 atom stereocenters. The lowest BCUT2D eigenvalue weighted by Crippen LogP contribution is -2.33. The maximum Gasteiger partial charge on any atom is 0.138 e. The topological polar surface area (TPSA) is 56.7 Å². The summed E-state index contributed by atoms with van der Waals surface area (Å²) in [6, 6.07) is 0.204. The van der Waals surface area contributed by atoms with Crippen LogP contribution >= 0.6 is 0 Å². The molecule has 0 radical (unpaired) electrons. The second kappa shape index (κ2) is 8.31. The predicted octanol–water partition coefficient (Wildman–Crippen LogP) is 3.02. The van der Waals surface area contributed by atoms with Crippen LogP contribution in [0.1, 0.15) is 59.2 Å². The second-order valence-corrected chi connectivity index (χ2v) is 5.96. The Kier molecular flexibility index (Phi) is 7.06. The van der Waals surface area contributed by atoms with Crippen molar-refractivity contribution in [3.63, 3.8) is 0 Å². The van der Waals surface area contributed by atoms with Crippen LogP contribution in [0.15, 0.2) is 6.33 Å². The predicted molar refractivity (Wildman–Crippen MR) is 79.8 cm³/mol. The number of nitrogens with two attached hydrogens (primary N) is 1. The fourth-order valence-corrected chi connectivity index (χ4v) is 2.64. The first-order chi connectivity index (χ1) is 9.08. The third kappa shape index (κ3) is 5.31. The fraction of sp³-hybridized carbons (Fsp3) is 0.867. The number of nitrogens with zero attached hydrogens (tertiary/aromatic N) is 3. The Bertz CT molecular complexity index is 340. The van der Waals surface area contributed by atoms with Gasteiger partial charge in [0.2, 0.25) is 0 Å². The molecular formula is C15H30N4. The van der Waals surface area contributed by atoms with Crippen LogP contribution in [-0.4, -0.2) is 20.8 Å². The zero-order chi connectivity index (χ0) is 14.3. The minimum absolute atomic E-state index is 0.204. The Morgan fingerprint density at radius 2 is 1.84 bits per heavy atom. The molecule has 110 valence electrons. The van der Waals surface area contributed by atoms with E-state index in [1.165, 1.54) is 25.7 Å². The molecule has 0 saturated heterocycles. The largest absolute Gasteiger partial charge is 0.327 e. The van der Waals surface area contributed by atoms with Gasteiger partial charge in [-0.05, 0) is 24.7 Å². The van der Waals surface area contributed by atoms with E-state index in [1.54, 1.807) is 6.33 Å². The van der Waals surface area contributed by atoms with Gasteiger partial charge in [0.15, 0.2) is 0 Å². The lowest BCUT2D eigenvalue weighted by atomic mass is 9.89. The molecule has 1 aromatic rings. The van der Waals surface area contributed by atoms with Crippen LogP contribution in [-0.2, 0) is 13.0 Å². The van der Waals surface area contributed by atoms with E-state index in [0.717, 1.165) is 18.8 Å². The molecule has 0 bridgehead atoms. The molecule has 19 heavy (non-hydrogen) atoms. The fourth-order valence-electron chi connectivity index (χ4n) is 2.64. The minimum atomic E-state index is 0.204. The van der Waals surface area contributed by atoms with Crippen LogP contribution in [0.25, 0.3) is 0 Å². The first-order valence-electron chi connectivity index (χ1n) is 7.70. The molecule has 0 spiro atoms. The molecule has 1 aromatic heterocycles. The van der Waals surface area contributed by atoms with Crippen molar-refractivity contribution in [1.82, 2.24) is 14.8 Å². The van der Waals surface area contributed by atoms with Gasteiger partial charge < -0.3 is 5.73 Å². The minimum Gasteiger partial charge on any atom is -0.327 e.